The maximum absolute atomic E-state index is 13.0. The van der Waals surface area contributed by atoms with Gasteiger partial charge in [-0.3, -0.25) is 0 Å². The number of hydrogen-bond acceptors (Lipinski definition) is 2. The van der Waals surface area contributed by atoms with Crippen LogP contribution in [0.2, 0.25) is 5.02 Å². The van der Waals surface area contributed by atoms with Crippen molar-refractivity contribution in [1.82, 2.24) is 0 Å². The van der Waals surface area contributed by atoms with Crippen LogP contribution >= 0.6 is 11.6 Å². The van der Waals surface area contributed by atoms with Gasteiger partial charge in [-0.25, -0.2) is 4.39 Å². The van der Waals surface area contributed by atoms with E-state index in [2.05, 4.69) is 0 Å². The largest absolute Gasteiger partial charge is 0.344 e. The summed E-state index contributed by atoms with van der Waals surface area (Å²) in [6.45, 7) is 0.536. The molecular formula is C15H16ClFN2. The molecule has 0 amide bonds. The van der Waals surface area contributed by atoms with Gasteiger partial charge in [0.05, 0.1) is 0 Å². The minimum absolute atomic E-state index is 0.245. The van der Waals surface area contributed by atoms with E-state index in [1.807, 2.05) is 30.1 Å². The van der Waals surface area contributed by atoms with Crippen LogP contribution in [-0.4, -0.2) is 13.6 Å². The summed E-state index contributed by atoms with van der Waals surface area (Å²) in [4.78, 5) is 1.98. The molecule has 0 aromatic heterocycles. The monoisotopic (exact) mass is 278 g/mol. The molecule has 0 aliphatic heterocycles. The third kappa shape index (κ3) is 3.06. The minimum atomic E-state index is -0.245. The topological polar surface area (TPSA) is 29.3 Å². The lowest BCUT2D eigenvalue weighted by Crippen LogP contribution is -2.14. The molecule has 0 aliphatic rings. The second kappa shape index (κ2) is 6.04. The third-order valence-electron chi connectivity index (χ3n) is 3.06. The van der Waals surface area contributed by atoms with Crippen molar-refractivity contribution in [2.45, 2.75) is 6.42 Å². The van der Waals surface area contributed by atoms with E-state index in [4.69, 9.17) is 17.3 Å². The van der Waals surface area contributed by atoms with Crippen LogP contribution in [0.5, 0.6) is 0 Å². The lowest BCUT2D eigenvalue weighted by Gasteiger charge is -2.23. The quantitative estimate of drug-likeness (QED) is 0.923. The molecule has 0 bridgehead atoms. The molecule has 0 saturated heterocycles. The Morgan fingerprint density at radius 2 is 1.84 bits per heavy atom. The van der Waals surface area contributed by atoms with Crippen LogP contribution in [-0.2, 0) is 6.42 Å². The van der Waals surface area contributed by atoms with E-state index >= 15 is 0 Å². The first kappa shape index (κ1) is 13.8. The Morgan fingerprint density at radius 1 is 1.16 bits per heavy atom. The van der Waals surface area contributed by atoms with Crippen molar-refractivity contribution < 1.29 is 4.39 Å². The Bertz CT molecular complexity index is 555. The first-order chi connectivity index (χ1) is 9.13. The molecule has 0 saturated carbocycles. The van der Waals surface area contributed by atoms with Gasteiger partial charge in [0, 0.05) is 23.4 Å². The summed E-state index contributed by atoms with van der Waals surface area (Å²) < 4.78 is 13.0. The van der Waals surface area contributed by atoms with Crippen LogP contribution < -0.4 is 10.6 Å². The molecule has 0 aliphatic carbocycles. The van der Waals surface area contributed by atoms with Crippen LogP contribution in [0.4, 0.5) is 15.8 Å². The van der Waals surface area contributed by atoms with Gasteiger partial charge in [0.2, 0.25) is 0 Å². The van der Waals surface area contributed by atoms with Crippen LogP contribution in [0.15, 0.2) is 42.5 Å². The van der Waals surface area contributed by atoms with Gasteiger partial charge in [0.25, 0.3) is 0 Å². The molecule has 4 heteroatoms. The zero-order valence-corrected chi connectivity index (χ0v) is 11.5. The van der Waals surface area contributed by atoms with Crippen molar-refractivity contribution in [3.63, 3.8) is 0 Å². The maximum atomic E-state index is 13.0. The highest BCUT2D eigenvalue weighted by atomic mass is 35.5. The van der Waals surface area contributed by atoms with E-state index in [0.717, 1.165) is 16.9 Å². The highest BCUT2D eigenvalue weighted by Gasteiger charge is 2.11. The van der Waals surface area contributed by atoms with Crippen molar-refractivity contribution in [3.05, 3.63) is 58.9 Å². The predicted molar refractivity (Wildman–Crippen MR) is 78.7 cm³/mol. The van der Waals surface area contributed by atoms with E-state index in [9.17, 15) is 4.39 Å². The lowest BCUT2D eigenvalue weighted by molar-refractivity contribution is 0.628. The second-order valence-corrected chi connectivity index (χ2v) is 4.72. The number of halogens is 2. The van der Waals surface area contributed by atoms with Gasteiger partial charge in [0.15, 0.2) is 0 Å². The maximum Gasteiger partial charge on any atom is 0.123 e. The molecule has 100 valence electrons. The summed E-state index contributed by atoms with van der Waals surface area (Å²) >= 11 is 6.22. The molecule has 2 aromatic carbocycles. The van der Waals surface area contributed by atoms with E-state index in [-0.39, 0.29) is 5.82 Å². The molecule has 2 N–H and O–H groups in total. The highest BCUT2D eigenvalue weighted by molar-refractivity contribution is 6.31. The molecule has 0 fully saturated rings. The number of nitrogens with two attached hydrogens (primary N) is 1. The van der Waals surface area contributed by atoms with Gasteiger partial charge in [-0.2, -0.15) is 0 Å². The summed E-state index contributed by atoms with van der Waals surface area (Å²) in [5, 5.41) is 0.705. The van der Waals surface area contributed by atoms with Gasteiger partial charge in [-0.1, -0.05) is 17.7 Å². The average Bonchev–Trinajstić information content (AvgIpc) is 2.41. The zero-order valence-electron chi connectivity index (χ0n) is 10.7. The van der Waals surface area contributed by atoms with E-state index in [1.165, 1.54) is 12.1 Å². The summed E-state index contributed by atoms with van der Waals surface area (Å²) in [5.41, 5.74) is 8.54. The number of rotatable bonds is 4. The SMILES string of the molecule is CN(c1ccc(F)cc1)c1cccc(Cl)c1CCN. The third-order valence-corrected chi connectivity index (χ3v) is 3.42. The molecule has 0 unspecified atom stereocenters. The average molecular weight is 279 g/mol. The van der Waals surface area contributed by atoms with Crippen molar-refractivity contribution in [3.8, 4) is 0 Å². The fourth-order valence-corrected chi connectivity index (χ4v) is 2.32. The second-order valence-electron chi connectivity index (χ2n) is 4.31. The Balaban J connectivity index is 2.40. The molecule has 0 spiro atoms. The molecular weight excluding hydrogens is 263 g/mol. The normalized spacial score (nSPS) is 10.5. The van der Waals surface area contributed by atoms with Crippen molar-refractivity contribution in [2.75, 3.05) is 18.5 Å². The fraction of sp³-hybridized carbons (Fsp3) is 0.200. The first-order valence-electron chi connectivity index (χ1n) is 6.10. The van der Waals surface area contributed by atoms with Gasteiger partial charge in [-0.05, 0) is 54.9 Å². The van der Waals surface area contributed by atoms with E-state index in [1.54, 1.807) is 12.1 Å². The Morgan fingerprint density at radius 3 is 2.47 bits per heavy atom. The Hall–Kier alpha value is -1.58. The molecule has 2 rings (SSSR count). The van der Waals surface area contributed by atoms with Crippen molar-refractivity contribution >= 4 is 23.0 Å². The standard InChI is InChI=1S/C15H16ClFN2/c1-19(12-7-5-11(17)6-8-12)15-4-2-3-14(16)13(15)9-10-18/h2-8H,9-10,18H2,1H3. The molecule has 2 aromatic rings. The highest BCUT2D eigenvalue weighted by Crippen LogP contribution is 2.31. The molecule has 0 heterocycles. The van der Waals surface area contributed by atoms with Crippen molar-refractivity contribution in [1.29, 1.82) is 0 Å². The summed E-state index contributed by atoms with van der Waals surface area (Å²) in [5.74, 6) is -0.245. The predicted octanol–water partition coefficient (Wildman–Crippen LogP) is 3.75. The molecule has 19 heavy (non-hydrogen) atoms. The van der Waals surface area contributed by atoms with Crippen LogP contribution in [0.3, 0.4) is 0 Å². The Kier molecular flexibility index (Phi) is 4.40. The number of nitrogens with zero attached hydrogens (tertiary/aromatic N) is 1. The smallest absolute Gasteiger partial charge is 0.123 e. The first-order valence-corrected chi connectivity index (χ1v) is 6.48. The van der Waals surface area contributed by atoms with Gasteiger partial charge in [-0.15, -0.1) is 0 Å². The van der Waals surface area contributed by atoms with Crippen LogP contribution in [0.1, 0.15) is 5.56 Å². The van der Waals surface area contributed by atoms with E-state index in [0.29, 0.717) is 18.0 Å². The number of hydrogen-bond donors (Lipinski definition) is 1. The van der Waals surface area contributed by atoms with E-state index < -0.39 is 0 Å². The lowest BCUT2D eigenvalue weighted by atomic mass is 10.1. The molecule has 2 nitrogen and oxygen atoms in total. The fourth-order valence-electron chi connectivity index (χ4n) is 2.06. The molecule has 0 radical (unpaired) electrons. The van der Waals surface area contributed by atoms with Crippen LogP contribution in [0, 0.1) is 5.82 Å². The number of benzene rings is 2. The van der Waals surface area contributed by atoms with Gasteiger partial charge in [0.1, 0.15) is 5.82 Å². The van der Waals surface area contributed by atoms with Gasteiger partial charge < -0.3 is 10.6 Å². The summed E-state index contributed by atoms with van der Waals surface area (Å²) in [6.07, 6.45) is 0.709. The van der Waals surface area contributed by atoms with Crippen LogP contribution in [0.25, 0.3) is 0 Å². The Labute approximate surface area is 117 Å². The summed E-state index contributed by atoms with van der Waals surface area (Å²) in [7, 11) is 1.93. The van der Waals surface area contributed by atoms with Gasteiger partial charge >= 0.3 is 0 Å². The van der Waals surface area contributed by atoms with Crippen molar-refractivity contribution in [2.24, 2.45) is 5.73 Å². The number of anilines is 2. The summed E-state index contributed by atoms with van der Waals surface area (Å²) in [6, 6.07) is 12.1. The molecule has 0 atom stereocenters. The zero-order chi connectivity index (χ0) is 13.8. The minimum Gasteiger partial charge on any atom is -0.344 e.